The Kier molecular flexibility index (Phi) is 7.07. The Balaban J connectivity index is 1.73. The predicted molar refractivity (Wildman–Crippen MR) is 133 cm³/mol. The van der Waals surface area contributed by atoms with E-state index < -0.39 is 0 Å². The number of amides is 1. The van der Waals surface area contributed by atoms with Crippen LogP contribution in [0, 0.1) is 13.8 Å². The Hall–Kier alpha value is -4.24. The quantitative estimate of drug-likeness (QED) is 0.367. The lowest BCUT2D eigenvalue weighted by atomic mass is 10.1. The number of anilines is 2. The number of aliphatic hydroxyl groups is 1. The van der Waals surface area contributed by atoms with Crippen LogP contribution >= 0.6 is 0 Å². The molecule has 0 aliphatic carbocycles. The molecule has 2 heterocycles. The Morgan fingerprint density at radius 1 is 1.09 bits per heavy atom. The van der Waals surface area contributed by atoms with Gasteiger partial charge < -0.3 is 19.6 Å². The number of nitrogens with one attached hydrogen (secondary N) is 1. The summed E-state index contributed by atoms with van der Waals surface area (Å²) in [5.41, 5.74) is 5.72. The monoisotopic (exact) mass is 473 g/mol. The first-order chi connectivity index (χ1) is 16.9. The minimum absolute atomic E-state index is 0.0737. The zero-order chi connectivity index (χ0) is 24.9. The summed E-state index contributed by atoms with van der Waals surface area (Å²) in [7, 11) is 1.89. The van der Waals surface area contributed by atoms with Crippen LogP contribution in [0.25, 0.3) is 10.9 Å². The van der Waals surface area contributed by atoms with Crippen LogP contribution in [-0.4, -0.2) is 39.6 Å². The van der Waals surface area contributed by atoms with Gasteiger partial charge in [-0.25, -0.2) is 9.97 Å². The number of benzene rings is 2. The molecule has 2 aromatic heterocycles. The van der Waals surface area contributed by atoms with Gasteiger partial charge in [0.1, 0.15) is 23.1 Å². The standard InChI is InChI=1S/C26H27N5O4/c1-16-14-19(9-11-22(16)34-20-10-8-17(2)27-15-20)31(4)26-25-21(28-24(29-26)12-13-32)6-5-7-23(25)35-30-18(3)33/h5-11,14-15,32H,12-13H2,1-4H3,(H,30,33). The van der Waals surface area contributed by atoms with Gasteiger partial charge in [-0.3, -0.25) is 9.78 Å². The third-order valence-corrected chi connectivity index (χ3v) is 5.33. The van der Waals surface area contributed by atoms with Crippen LogP contribution in [0.1, 0.15) is 24.0 Å². The number of hydrogen-bond donors (Lipinski definition) is 2. The van der Waals surface area contributed by atoms with E-state index in [1.807, 2.05) is 62.2 Å². The van der Waals surface area contributed by atoms with E-state index in [-0.39, 0.29) is 12.5 Å². The van der Waals surface area contributed by atoms with Crippen molar-refractivity contribution in [2.24, 2.45) is 0 Å². The van der Waals surface area contributed by atoms with Gasteiger partial charge in [-0.2, -0.15) is 5.48 Å². The minimum atomic E-state index is -0.329. The van der Waals surface area contributed by atoms with E-state index >= 15 is 0 Å². The van der Waals surface area contributed by atoms with Crippen LogP contribution < -0.4 is 20.0 Å². The topological polar surface area (TPSA) is 110 Å². The molecule has 9 heteroatoms. The van der Waals surface area contributed by atoms with Gasteiger partial charge >= 0.3 is 0 Å². The number of nitrogens with zero attached hydrogens (tertiary/aromatic N) is 4. The number of aliphatic hydroxyl groups excluding tert-OH is 1. The van der Waals surface area contributed by atoms with Crippen molar-refractivity contribution in [2.45, 2.75) is 27.2 Å². The van der Waals surface area contributed by atoms with Crippen LogP contribution in [0.15, 0.2) is 54.7 Å². The van der Waals surface area contributed by atoms with Gasteiger partial charge in [-0.1, -0.05) is 6.07 Å². The van der Waals surface area contributed by atoms with Crippen molar-refractivity contribution in [1.29, 1.82) is 0 Å². The number of aryl methyl sites for hydroxylation is 2. The summed E-state index contributed by atoms with van der Waals surface area (Å²) in [4.78, 5) is 32.4. The van der Waals surface area contributed by atoms with Gasteiger partial charge in [0.05, 0.1) is 23.7 Å². The lowest BCUT2D eigenvalue weighted by Crippen LogP contribution is -2.24. The number of rotatable bonds is 8. The molecular formula is C26H27N5O4. The van der Waals surface area contributed by atoms with Gasteiger partial charge in [0, 0.05) is 31.8 Å². The third kappa shape index (κ3) is 5.47. The molecule has 2 N–H and O–H groups in total. The zero-order valence-electron chi connectivity index (χ0n) is 20.1. The van der Waals surface area contributed by atoms with Crippen LogP contribution in [0.3, 0.4) is 0 Å². The molecule has 1 amide bonds. The molecule has 0 bridgehead atoms. The minimum Gasteiger partial charge on any atom is -0.455 e. The molecule has 180 valence electrons. The molecule has 0 fully saturated rings. The van der Waals surface area contributed by atoms with E-state index in [0.29, 0.717) is 40.5 Å². The predicted octanol–water partition coefficient (Wildman–Crippen LogP) is 4.17. The highest BCUT2D eigenvalue weighted by atomic mass is 16.7. The summed E-state index contributed by atoms with van der Waals surface area (Å²) >= 11 is 0. The van der Waals surface area contributed by atoms with Crippen LogP contribution in [0.5, 0.6) is 17.2 Å². The Morgan fingerprint density at radius 2 is 1.91 bits per heavy atom. The number of pyridine rings is 1. The maximum atomic E-state index is 11.4. The lowest BCUT2D eigenvalue weighted by Gasteiger charge is -2.23. The SMILES string of the molecule is CC(=O)NOc1cccc2nc(CCO)nc(N(C)c3ccc(Oc4ccc(C)nc4)c(C)c3)c12. The maximum Gasteiger partial charge on any atom is 0.249 e. The van der Waals surface area contributed by atoms with Gasteiger partial charge in [0.15, 0.2) is 5.75 Å². The average Bonchev–Trinajstić information content (AvgIpc) is 2.84. The highest BCUT2D eigenvalue weighted by Gasteiger charge is 2.18. The van der Waals surface area contributed by atoms with E-state index in [1.54, 1.807) is 18.3 Å². The first kappa shape index (κ1) is 23.9. The number of carbonyl (C=O) groups excluding carboxylic acids is 1. The number of fused-ring (bicyclic) bond motifs is 1. The smallest absolute Gasteiger partial charge is 0.249 e. The molecule has 0 spiro atoms. The third-order valence-electron chi connectivity index (χ3n) is 5.33. The molecule has 0 saturated heterocycles. The molecule has 35 heavy (non-hydrogen) atoms. The van der Waals surface area contributed by atoms with Gasteiger partial charge in [0.25, 0.3) is 0 Å². The van der Waals surface area contributed by atoms with E-state index in [4.69, 9.17) is 14.6 Å². The molecule has 0 aliphatic rings. The summed E-state index contributed by atoms with van der Waals surface area (Å²) in [5, 5.41) is 10.1. The fraction of sp³-hybridized carbons (Fsp3) is 0.231. The summed E-state index contributed by atoms with van der Waals surface area (Å²) in [6.07, 6.45) is 2.01. The van der Waals surface area contributed by atoms with Crippen molar-refractivity contribution < 1.29 is 19.5 Å². The Bertz CT molecular complexity index is 1360. The largest absolute Gasteiger partial charge is 0.455 e. The van der Waals surface area contributed by atoms with Crippen molar-refractivity contribution in [3.05, 3.63) is 71.8 Å². The fourth-order valence-corrected chi connectivity index (χ4v) is 3.57. The van der Waals surface area contributed by atoms with Gasteiger partial charge in [-0.05, 0) is 61.9 Å². The molecule has 0 unspecified atom stereocenters. The van der Waals surface area contributed by atoms with Crippen molar-refractivity contribution in [2.75, 3.05) is 18.6 Å². The second kappa shape index (κ2) is 10.4. The van der Waals surface area contributed by atoms with Crippen molar-refractivity contribution in [3.63, 3.8) is 0 Å². The fourth-order valence-electron chi connectivity index (χ4n) is 3.57. The average molecular weight is 474 g/mol. The second-order valence-electron chi connectivity index (χ2n) is 8.09. The van der Waals surface area contributed by atoms with E-state index in [9.17, 15) is 9.90 Å². The first-order valence-corrected chi connectivity index (χ1v) is 11.1. The van der Waals surface area contributed by atoms with Crippen molar-refractivity contribution in [1.82, 2.24) is 20.4 Å². The number of aromatic nitrogens is 3. The molecule has 0 radical (unpaired) electrons. The molecule has 4 rings (SSSR count). The molecule has 0 atom stereocenters. The van der Waals surface area contributed by atoms with Crippen LogP contribution in [0.2, 0.25) is 0 Å². The maximum absolute atomic E-state index is 11.4. The van der Waals surface area contributed by atoms with E-state index in [1.165, 1.54) is 6.92 Å². The highest BCUT2D eigenvalue weighted by Crippen LogP contribution is 2.36. The number of carbonyl (C=O) groups is 1. The number of hydroxylamine groups is 1. The van der Waals surface area contributed by atoms with Crippen LogP contribution in [0.4, 0.5) is 11.5 Å². The first-order valence-electron chi connectivity index (χ1n) is 11.1. The summed E-state index contributed by atoms with van der Waals surface area (Å²) in [5.74, 6) is 2.55. The second-order valence-corrected chi connectivity index (χ2v) is 8.09. The normalized spacial score (nSPS) is 10.8. The zero-order valence-corrected chi connectivity index (χ0v) is 20.1. The molecular weight excluding hydrogens is 446 g/mol. The molecule has 0 aliphatic heterocycles. The molecule has 9 nitrogen and oxygen atoms in total. The summed E-state index contributed by atoms with van der Waals surface area (Å²) in [6, 6.07) is 15.0. The van der Waals surface area contributed by atoms with Gasteiger partial charge in [0.2, 0.25) is 5.91 Å². The number of hydrogen-bond acceptors (Lipinski definition) is 8. The summed E-state index contributed by atoms with van der Waals surface area (Å²) in [6.45, 7) is 5.19. The Labute approximate surface area is 203 Å². The van der Waals surface area contributed by atoms with Gasteiger partial charge in [-0.15, -0.1) is 0 Å². The van der Waals surface area contributed by atoms with Crippen molar-refractivity contribution in [3.8, 4) is 17.2 Å². The van der Waals surface area contributed by atoms with Crippen LogP contribution in [-0.2, 0) is 11.2 Å². The number of ether oxygens (including phenoxy) is 1. The molecule has 0 saturated carbocycles. The lowest BCUT2D eigenvalue weighted by molar-refractivity contribution is -0.125. The molecule has 4 aromatic rings. The highest BCUT2D eigenvalue weighted by molar-refractivity contribution is 5.96. The Morgan fingerprint density at radius 3 is 2.60 bits per heavy atom. The van der Waals surface area contributed by atoms with Crippen molar-refractivity contribution >= 4 is 28.3 Å². The molecule has 2 aromatic carbocycles. The van der Waals surface area contributed by atoms with E-state index in [2.05, 4.69) is 15.4 Å². The summed E-state index contributed by atoms with van der Waals surface area (Å²) < 4.78 is 6.00. The van der Waals surface area contributed by atoms with E-state index in [0.717, 1.165) is 22.7 Å².